The Kier molecular flexibility index (Phi) is 7.70. The standard InChI is InChI=1S/C27H23F2NO6/c1-16(31)35-25-11-8-17(20-10-9-18(28)14-23(20)29)13-22(25)27(33)36-24-7-3-2-6-21(24)26(32)34-15-19-5-4-12-30-19/h2-3,6-11,13-14,19,30H,4-5,12,15H2,1H3. The number of nitrogens with one attached hydrogen (secondary N) is 1. The average molecular weight is 495 g/mol. The first-order valence-corrected chi connectivity index (χ1v) is 11.3. The van der Waals surface area contributed by atoms with Gasteiger partial charge in [-0.15, -0.1) is 0 Å². The van der Waals surface area contributed by atoms with E-state index in [9.17, 15) is 23.2 Å². The highest BCUT2D eigenvalue weighted by Crippen LogP contribution is 2.31. The van der Waals surface area contributed by atoms with Crippen molar-refractivity contribution < 1.29 is 37.4 Å². The molecule has 1 N–H and O–H groups in total. The molecule has 0 radical (unpaired) electrons. The Morgan fingerprint density at radius 2 is 1.69 bits per heavy atom. The smallest absolute Gasteiger partial charge is 0.347 e. The second-order valence-electron chi connectivity index (χ2n) is 8.21. The highest BCUT2D eigenvalue weighted by atomic mass is 19.1. The molecule has 36 heavy (non-hydrogen) atoms. The van der Waals surface area contributed by atoms with Crippen LogP contribution in [0.5, 0.6) is 11.5 Å². The molecule has 1 heterocycles. The van der Waals surface area contributed by atoms with Crippen LogP contribution in [-0.4, -0.2) is 37.1 Å². The highest BCUT2D eigenvalue weighted by Gasteiger charge is 2.23. The minimum Gasteiger partial charge on any atom is -0.460 e. The first-order valence-electron chi connectivity index (χ1n) is 11.3. The molecule has 4 rings (SSSR count). The van der Waals surface area contributed by atoms with Gasteiger partial charge in [-0.3, -0.25) is 4.79 Å². The number of hydrogen-bond donors (Lipinski definition) is 1. The molecule has 3 aromatic rings. The fourth-order valence-corrected chi connectivity index (χ4v) is 3.86. The van der Waals surface area contributed by atoms with Crippen LogP contribution in [0.4, 0.5) is 8.78 Å². The Morgan fingerprint density at radius 1 is 0.917 bits per heavy atom. The number of para-hydroxylation sites is 1. The molecule has 0 saturated carbocycles. The summed E-state index contributed by atoms with van der Waals surface area (Å²) in [5, 5.41) is 3.23. The van der Waals surface area contributed by atoms with Crippen LogP contribution in [0.2, 0.25) is 0 Å². The lowest BCUT2D eigenvalue weighted by Crippen LogP contribution is -2.28. The zero-order valence-electron chi connectivity index (χ0n) is 19.4. The van der Waals surface area contributed by atoms with Crippen molar-refractivity contribution in [1.29, 1.82) is 0 Å². The third-order valence-corrected chi connectivity index (χ3v) is 5.58. The molecule has 186 valence electrons. The molecule has 1 aliphatic heterocycles. The Bertz CT molecular complexity index is 1300. The number of esters is 3. The lowest BCUT2D eigenvalue weighted by Gasteiger charge is -2.14. The maximum absolute atomic E-state index is 14.4. The lowest BCUT2D eigenvalue weighted by atomic mass is 10.0. The van der Waals surface area contributed by atoms with Gasteiger partial charge in [0.1, 0.15) is 40.9 Å². The molecule has 0 bridgehead atoms. The van der Waals surface area contributed by atoms with Gasteiger partial charge >= 0.3 is 17.9 Å². The predicted molar refractivity (Wildman–Crippen MR) is 126 cm³/mol. The molecule has 3 aromatic carbocycles. The van der Waals surface area contributed by atoms with Gasteiger partial charge in [0.15, 0.2) is 0 Å². The molecule has 9 heteroatoms. The summed E-state index contributed by atoms with van der Waals surface area (Å²) in [4.78, 5) is 37.4. The molecule has 1 aliphatic rings. The van der Waals surface area contributed by atoms with Crippen LogP contribution in [-0.2, 0) is 9.53 Å². The van der Waals surface area contributed by atoms with Crippen molar-refractivity contribution in [2.45, 2.75) is 25.8 Å². The van der Waals surface area contributed by atoms with Gasteiger partial charge in [0, 0.05) is 24.6 Å². The summed E-state index contributed by atoms with van der Waals surface area (Å²) < 4.78 is 43.7. The van der Waals surface area contributed by atoms with E-state index in [0.29, 0.717) is 0 Å². The zero-order chi connectivity index (χ0) is 25.7. The Labute approximate surface area is 206 Å². The first kappa shape index (κ1) is 25.0. The van der Waals surface area contributed by atoms with Crippen LogP contribution in [0.25, 0.3) is 11.1 Å². The van der Waals surface area contributed by atoms with E-state index in [1.165, 1.54) is 36.4 Å². The van der Waals surface area contributed by atoms with Crippen molar-refractivity contribution in [3.05, 3.63) is 83.4 Å². The number of rotatable bonds is 7. The van der Waals surface area contributed by atoms with E-state index in [4.69, 9.17) is 14.2 Å². The second-order valence-corrected chi connectivity index (χ2v) is 8.21. The summed E-state index contributed by atoms with van der Waals surface area (Å²) in [5.74, 6) is -4.05. The van der Waals surface area contributed by atoms with Gasteiger partial charge in [0.05, 0.1) is 0 Å². The molecule has 1 fully saturated rings. The van der Waals surface area contributed by atoms with Crippen LogP contribution in [0.15, 0.2) is 60.7 Å². The van der Waals surface area contributed by atoms with Crippen molar-refractivity contribution >= 4 is 17.9 Å². The lowest BCUT2D eigenvalue weighted by molar-refractivity contribution is -0.131. The van der Waals surface area contributed by atoms with Crippen molar-refractivity contribution in [1.82, 2.24) is 5.32 Å². The topological polar surface area (TPSA) is 90.9 Å². The van der Waals surface area contributed by atoms with Crippen molar-refractivity contribution in [3.63, 3.8) is 0 Å². The molecule has 0 aromatic heterocycles. The molecular formula is C27H23F2NO6. The highest BCUT2D eigenvalue weighted by molar-refractivity contribution is 5.99. The SMILES string of the molecule is CC(=O)Oc1ccc(-c2ccc(F)cc2F)cc1C(=O)Oc1ccccc1C(=O)OCC1CCCN1. The van der Waals surface area contributed by atoms with Crippen LogP contribution in [0.3, 0.4) is 0 Å². The average Bonchev–Trinajstić information content (AvgIpc) is 3.37. The Balaban J connectivity index is 1.61. The minimum atomic E-state index is -0.951. The summed E-state index contributed by atoms with van der Waals surface area (Å²) in [7, 11) is 0. The third kappa shape index (κ3) is 5.92. The van der Waals surface area contributed by atoms with Crippen molar-refractivity contribution in [2.75, 3.05) is 13.2 Å². The van der Waals surface area contributed by atoms with Gasteiger partial charge in [-0.05, 0) is 61.3 Å². The third-order valence-electron chi connectivity index (χ3n) is 5.58. The summed E-state index contributed by atoms with van der Waals surface area (Å²) >= 11 is 0. The first-order chi connectivity index (χ1) is 17.3. The number of benzene rings is 3. The summed E-state index contributed by atoms with van der Waals surface area (Å²) in [5.41, 5.74) is 0.111. The number of carbonyl (C=O) groups is 3. The van der Waals surface area contributed by atoms with Gasteiger partial charge in [0.2, 0.25) is 0 Å². The van der Waals surface area contributed by atoms with E-state index >= 15 is 0 Å². The van der Waals surface area contributed by atoms with Crippen LogP contribution >= 0.6 is 0 Å². The van der Waals surface area contributed by atoms with Crippen LogP contribution < -0.4 is 14.8 Å². The van der Waals surface area contributed by atoms with E-state index < -0.39 is 29.5 Å². The van der Waals surface area contributed by atoms with E-state index in [1.54, 1.807) is 12.1 Å². The quantitative estimate of drug-likeness (QED) is 0.376. The minimum absolute atomic E-state index is 0.0318. The summed E-state index contributed by atoms with van der Waals surface area (Å²) in [6, 6.07) is 13.2. The van der Waals surface area contributed by atoms with Crippen LogP contribution in [0.1, 0.15) is 40.5 Å². The van der Waals surface area contributed by atoms with E-state index in [-0.39, 0.29) is 46.4 Å². The molecule has 7 nitrogen and oxygen atoms in total. The number of halogens is 2. The van der Waals surface area contributed by atoms with Gasteiger partial charge in [-0.25, -0.2) is 18.4 Å². The molecular weight excluding hydrogens is 472 g/mol. The maximum atomic E-state index is 14.4. The largest absolute Gasteiger partial charge is 0.460 e. The molecule has 1 unspecified atom stereocenters. The number of hydrogen-bond acceptors (Lipinski definition) is 7. The zero-order valence-corrected chi connectivity index (χ0v) is 19.4. The molecule has 1 atom stereocenters. The molecule has 0 spiro atoms. The summed E-state index contributed by atoms with van der Waals surface area (Å²) in [6.07, 6.45) is 1.90. The molecule has 0 amide bonds. The Hall–Kier alpha value is -4.11. The number of ether oxygens (including phenoxy) is 3. The summed E-state index contributed by atoms with van der Waals surface area (Å²) in [6.45, 7) is 2.21. The van der Waals surface area contributed by atoms with E-state index in [0.717, 1.165) is 38.4 Å². The van der Waals surface area contributed by atoms with Crippen LogP contribution in [0, 0.1) is 11.6 Å². The fourth-order valence-electron chi connectivity index (χ4n) is 3.86. The van der Waals surface area contributed by atoms with Gasteiger partial charge in [-0.1, -0.05) is 18.2 Å². The predicted octanol–water partition coefficient (Wildman–Crippen LogP) is 4.69. The Morgan fingerprint density at radius 3 is 2.42 bits per heavy atom. The van der Waals surface area contributed by atoms with Gasteiger partial charge < -0.3 is 19.5 Å². The van der Waals surface area contributed by atoms with E-state index in [1.807, 2.05) is 0 Å². The van der Waals surface area contributed by atoms with Crippen molar-refractivity contribution in [3.8, 4) is 22.6 Å². The van der Waals surface area contributed by atoms with Gasteiger partial charge in [0.25, 0.3) is 0 Å². The molecule has 1 saturated heterocycles. The monoisotopic (exact) mass is 495 g/mol. The van der Waals surface area contributed by atoms with Gasteiger partial charge in [-0.2, -0.15) is 0 Å². The normalized spacial score (nSPS) is 14.8. The number of carbonyl (C=O) groups excluding carboxylic acids is 3. The van der Waals surface area contributed by atoms with E-state index in [2.05, 4.69) is 5.32 Å². The second kappa shape index (κ2) is 11.1. The maximum Gasteiger partial charge on any atom is 0.347 e. The van der Waals surface area contributed by atoms with Crippen molar-refractivity contribution in [2.24, 2.45) is 0 Å². The molecule has 0 aliphatic carbocycles. The fraction of sp³-hybridized carbons (Fsp3) is 0.222.